The van der Waals surface area contributed by atoms with Crippen LogP contribution >= 0.6 is 11.3 Å². The number of aromatic nitrogens is 3. The quantitative estimate of drug-likeness (QED) is 0.558. The maximum Gasteiger partial charge on any atom is 0.262 e. The van der Waals surface area contributed by atoms with Crippen molar-refractivity contribution in [2.45, 2.75) is 20.4 Å². The van der Waals surface area contributed by atoms with Crippen LogP contribution < -0.4 is 5.56 Å². The number of hydrogen-bond acceptors (Lipinski definition) is 4. The van der Waals surface area contributed by atoms with Crippen molar-refractivity contribution in [2.24, 2.45) is 0 Å². The lowest BCUT2D eigenvalue weighted by Gasteiger charge is -2.09. The Kier molecular flexibility index (Phi) is 3.42. The van der Waals surface area contributed by atoms with Gasteiger partial charge < -0.3 is 0 Å². The first-order chi connectivity index (χ1) is 11.5. The molecule has 6 heteroatoms. The first kappa shape index (κ1) is 15.0. The van der Waals surface area contributed by atoms with Gasteiger partial charge in [-0.25, -0.2) is 9.37 Å². The molecule has 0 saturated carbocycles. The molecule has 0 N–H and O–H groups in total. The number of thiophene rings is 1. The zero-order valence-corrected chi connectivity index (χ0v) is 14.0. The Bertz CT molecular complexity index is 1150. The van der Waals surface area contributed by atoms with Crippen molar-refractivity contribution < 1.29 is 4.39 Å². The predicted molar refractivity (Wildman–Crippen MR) is 94.2 cm³/mol. The average molecular weight is 339 g/mol. The number of pyridine rings is 1. The summed E-state index contributed by atoms with van der Waals surface area (Å²) < 4.78 is 15.4. The number of aryl methyl sites for hydroxylation is 2. The van der Waals surface area contributed by atoms with Crippen LogP contribution in [0, 0.1) is 19.7 Å². The van der Waals surface area contributed by atoms with Crippen molar-refractivity contribution in [1.29, 1.82) is 0 Å². The monoisotopic (exact) mass is 339 g/mol. The molecule has 3 aromatic heterocycles. The highest BCUT2D eigenvalue weighted by molar-refractivity contribution is 7.18. The van der Waals surface area contributed by atoms with E-state index in [1.807, 2.05) is 19.9 Å². The van der Waals surface area contributed by atoms with Crippen LogP contribution in [-0.4, -0.2) is 14.5 Å². The van der Waals surface area contributed by atoms with Crippen molar-refractivity contribution in [3.63, 3.8) is 0 Å². The SMILES string of the molecule is Cc1sc2ncn(Cc3cc(F)cc4cccnc34)c(=O)c2c1C. The van der Waals surface area contributed by atoms with Gasteiger partial charge >= 0.3 is 0 Å². The molecule has 4 aromatic rings. The van der Waals surface area contributed by atoms with Crippen molar-refractivity contribution >= 4 is 32.5 Å². The number of halogens is 1. The van der Waals surface area contributed by atoms with Crippen LogP contribution in [0.4, 0.5) is 4.39 Å². The summed E-state index contributed by atoms with van der Waals surface area (Å²) in [6.07, 6.45) is 3.19. The van der Waals surface area contributed by atoms with Crippen molar-refractivity contribution in [3.8, 4) is 0 Å². The zero-order chi connectivity index (χ0) is 16.8. The van der Waals surface area contributed by atoms with Crippen LogP contribution in [0.2, 0.25) is 0 Å². The minimum absolute atomic E-state index is 0.102. The molecule has 0 amide bonds. The highest BCUT2D eigenvalue weighted by atomic mass is 32.1. The summed E-state index contributed by atoms with van der Waals surface area (Å²) in [5, 5.41) is 1.37. The van der Waals surface area contributed by atoms with Crippen LogP contribution in [0.3, 0.4) is 0 Å². The molecule has 1 aromatic carbocycles. The van der Waals surface area contributed by atoms with E-state index in [2.05, 4.69) is 9.97 Å². The van der Waals surface area contributed by atoms with E-state index in [9.17, 15) is 9.18 Å². The molecule has 0 spiro atoms. The lowest BCUT2D eigenvalue weighted by molar-refractivity contribution is 0.625. The van der Waals surface area contributed by atoms with Crippen LogP contribution in [-0.2, 0) is 6.54 Å². The third kappa shape index (κ3) is 2.30. The van der Waals surface area contributed by atoms with Gasteiger partial charge in [0.1, 0.15) is 10.6 Å². The van der Waals surface area contributed by atoms with E-state index in [-0.39, 0.29) is 17.9 Å². The molecule has 0 unspecified atom stereocenters. The summed E-state index contributed by atoms with van der Waals surface area (Å²) in [5.74, 6) is -0.338. The molecule has 0 saturated heterocycles. The molecule has 0 aliphatic carbocycles. The Labute approximate surface area is 141 Å². The second-order valence-electron chi connectivity index (χ2n) is 5.78. The summed E-state index contributed by atoms with van der Waals surface area (Å²) in [6, 6.07) is 6.45. The van der Waals surface area contributed by atoms with E-state index in [1.54, 1.807) is 12.3 Å². The van der Waals surface area contributed by atoms with E-state index < -0.39 is 0 Å². The predicted octanol–water partition coefficient (Wildman–Crippen LogP) is 3.81. The molecule has 0 aliphatic heterocycles. The van der Waals surface area contributed by atoms with Gasteiger partial charge in [-0.2, -0.15) is 0 Å². The molecule has 3 heterocycles. The summed E-state index contributed by atoms with van der Waals surface area (Å²) in [6.45, 7) is 4.15. The van der Waals surface area contributed by atoms with Gasteiger partial charge in [0.05, 0.1) is 23.8 Å². The van der Waals surface area contributed by atoms with Gasteiger partial charge in [0.15, 0.2) is 0 Å². The largest absolute Gasteiger partial charge is 0.294 e. The Hall–Kier alpha value is -2.60. The molecule has 0 aliphatic rings. The minimum atomic E-state index is -0.338. The Morgan fingerprint density at radius 2 is 2.08 bits per heavy atom. The molecular weight excluding hydrogens is 325 g/mol. The second kappa shape index (κ2) is 5.49. The summed E-state index contributed by atoms with van der Waals surface area (Å²) in [4.78, 5) is 23.4. The molecule has 24 heavy (non-hydrogen) atoms. The first-order valence-corrected chi connectivity index (χ1v) is 8.34. The number of fused-ring (bicyclic) bond motifs is 2. The van der Waals surface area contributed by atoms with Crippen LogP contribution in [0.5, 0.6) is 0 Å². The number of rotatable bonds is 2. The van der Waals surface area contributed by atoms with Crippen LogP contribution in [0.15, 0.2) is 41.6 Å². The molecule has 0 atom stereocenters. The van der Waals surface area contributed by atoms with E-state index in [1.165, 1.54) is 34.4 Å². The summed E-state index contributed by atoms with van der Waals surface area (Å²) in [7, 11) is 0. The lowest BCUT2D eigenvalue weighted by Crippen LogP contribution is -2.21. The molecule has 4 nitrogen and oxygen atoms in total. The fourth-order valence-electron chi connectivity index (χ4n) is 2.91. The summed E-state index contributed by atoms with van der Waals surface area (Å²) >= 11 is 1.52. The number of nitrogens with zero attached hydrogens (tertiary/aromatic N) is 3. The van der Waals surface area contributed by atoms with Crippen LogP contribution in [0.25, 0.3) is 21.1 Å². The van der Waals surface area contributed by atoms with Crippen molar-refractivity contribution in [1.82, 2.24) is 14.5 Å². The maximum absolute atomic E-state index is 13.9. The normalized spacial score (nSPS) is 11.5. The number of benzene rings is 1. The average Bonchev–Trinajstić information content (AvgIpc) is 2.85. The minimum Gasteiger partial charge on any atom is -0.294 e. The van der Waals surface area contributed by atoms with Gasteiger partial charge in [0, 0.05) is 22.0 Å². The lowest BCUT2D eigenvalue weighted by atomic mass is 10.1. The van der Waals surface area contributed by atoms with Gasteiger partial charge in [-0.1, -0.05) is 6.07 Å². The van der Waals surface area contributed by atoms with Gasteiger partial charge in [-0.3, -0.25) is 14.3 Å². The molecule has 120 valence electrons. The van der Waals surface area contributed by atoms with Gasteiger partial charge in [0.25, 0.3) is 5.56 Å². The van der Waals surface area contributed by atoms with E-state index in [4.69, 9.17) is 0 Å². The topological polar surface area (TPSA) is 47.8 Å². The highest BCUT2D eigenvalue weighted by Gasteiger charge is 2.13. The molecule has 0 fully saturated rings. The van der Waals surface area contributed by atoms with Crippen molar-refractivity contribution in [3.05, 3.63) is 69.0 Å². The van der Waals surface area contributed by atoms with E-state index >= 15 is 0 Å². The maximum atomic E-state index is 13.9. The fraction of sp³-hybridized carbons (Fsp3) is 0.167. The van der Waals surface area contributed by atoms with Crippen molar-refractivity contribution in [2.75, 3.05) is 0 Å². The van der Waals surface area contributed by atoms with Crippen LogP contribution in [0.1, 0.15) is 16.0 Å². The molecule has 0 radical (unpaired) electrons. The first-order valence-electron chi connectivity index (χ1n) is 7.53. The van der Waals surface area contributed by atoms with E-state index in [0.717, 1.165) is 20.7 Å². The molecule has 0 bridgehead atoms. The Morgan fingerprint density at radius 1 is 1.25 bits per heavy atom. The van der Waals surface area contributed by atoms with Gasteiger partial charge in [-0.05, 0) is 37.6 Å². The molecule has 4 rings (SSSR count). The second-order valence-corrected chi connectivity index (χ2v) is 6.98. The third-order valence-corrected chi connectivity index (χ3v) is 5.36. The fourth-order valence-corrected chi connectivity index (χ4v) is 3.90. The van der Waals surface area contributed by atoms with E-state index in [0.29, 0.717) is 16.5 Å². The van der Waals surface area contributed by atoms with Gasteiger partial charge in [-0.15, -0.1) is 11.3 Å². The Balaban J connectivity index is 1.90. The number of hydrogen-bond donors (Lipinski definition) is 0. The van der Waals surface area contributed by atoms with Gasteiger partial charge in [0.2, 0.25) is 0 Å². The Morgan fingerprint density at radius 3 is 2.92 bits per heavy atom. The summed E-state index contributed by atoms with van der Waals surface area (Å²) in [5.41, 5.74) is 2.22. The third-order valence-electron chi connectivity index (χ3n) is 4.25. The standard InChI is InChI=1S/C18H14FN3OS/c1-10-11(2)24-17-15(10)18(23)22(9-21-17)8-13-7-14(19)6-12-4-3-5-20-16(12)13/h3-7,9H,8H2,1-2H3. The molecular formula is C18H14FN3OS. The highest BCUT2D eigenvalue weighted by Crippen LogP contribution is 2.26. The zero-order valence-electron chi connectivity index (χ0n) is 13.2. The smallest absolute Gasteiger partial charge is 0.262 e.